The molecule has 2 N–H and O–H groups in total. The standard InChI is InChI=1S/C13H12ClNO3/c1-8-4-10(17)6-13(18)15(8)12-5-9(7-16)2-3-11(12)14/h2-6,16-17H,7H2,1H3. The van der Waals surface area contributed by atoms with Crippen LogP contribution in [0.4, 0.5) is 0 Å². The monoisotopic (exact) mass is 265 g/mol. The number of benzene rings is 1. The number of halogens is 1. The van der Waals surface area contributed by atoms with Crippen molar-refractivity contribution in [2.24, 2.45) is 0 Å². The highest BCUT2D eigenvalue weighted by atomic mass is 35.5. The summed E-state index contributed by atoms with van der Waals surface area (Å²) in [5.41, 5.74) is 1.35. The summed E-state index contributed by atoms with van der Waals surface area (Å²) in [6.45, 7) is 1.57. The summed E-state index contributed by atoms with van der Waals surface area (Å²) in [7, 11) is 0. The third-order valence-corrected chi connectivity index (χ3v) is 2.95. The van der Waals surface area contributed by atoms with Gasteiger partial charge in [0.05, 0.1) is 17.3 Å². The largest absolute Gasteiger partial charge is 0.508 e. The van der Waals surface area contributed by atoms with Crippen LogP contribution in [0.3, 0.4) is 0 Å². The molecular weight excluding hydrogens is 254 g/mol. The minimum absolute atomic E-state index is 0.0804. The van der Waals surface area contributed by atoms with Crippen molar-refractivity contribution in [3.05, 3.63) is 57.0 Å². The average Bonchev–Trinajstić information content (AvgIpc) is 2.30. The first-order chi connectivity index (χ1) is 8.52. The van der Waals surface area contributed by atoms with Gasteiger partial charge < -0.3 is 10.2 Å². The van der Waals surface area contributed by atoms with E-state index in [0.717, 1.165) is 6.07 Å². The van der Waals surface area contributed by atoms with Gasteiger partial charge in [0, 0.05) is 11.8 Å². The third kappa shape index (κ3) is 2.25. The van der Waals surface area contributed by atoms with Crippen LogP contribution in [0.2, 0.25) is 5.02 Å². The summed E-state index contributed by atoms with van der Waals surface area (Å²) >= 11 is 6.07. The number of nitrogens with zero attached hydrogens (tertiary/aromatic N) is 1. The maximum Gasteiger partial charge on any atom is 0.259 e. The molecule has 0 radical (unpaired) electrons. The Labute approximate surface area is 109 Å². The van der Waals surface area contributed by atoms with Gasteiger partial charge in [-0.1, -0.05) is 17.7 Å². The topological polar surface area (TPSA) is 62.5 Å². The normalized spacial score (nSPS) is 10.6. The Kier molecular flexibility index (Phi) is 3.41. The van der Waals surface area contributed by atoms with Gasteiger partial charge in [0.15, 0.2) is 0 Å². The van der Waals surface area contributed by atoms with E-state index in [-0.39, 0.29) is 17.9 Å². The molecule has 0 aliphatic rings. The van der Waals surface area contributed by atoms with Crippen LogP contribution in [0.1, 0.15) is 11.3 Å². The van der Waals surface area contributed by atoms with E-state index in [4.69, 9.17) is 16.7 Å². The predicted octanol–water partition coefficient (Wildman–Crippen LogP) is 2.00. The summed E-state index contributed by atoms with van der Waals surface area (Å²) in [5, 5.41) is 18.9. The van der Waals surface area contributed by atoms with Crippen molar-refractivity contribution in [2.75, 3.05) is 0 Å². The van der Waals surface area contributed by atoms with E-state index in [0.29, 0.717) is 22.0 Å². The molecule has 94 valence electrons. The van der Waals surface area contributed by atoms with Crippen molar-refractivity contribution >= 4 is 11.6 Å². The smallest absolute Gasteiger partial charge is 0.259 e. The van der Waals surface area contributed by atoms with Crippen LogP contribution < -0.4 is 5.56 Å². The highest BCUT2D eigenvalue weighted by Crippen LogP contribution is 2.23. The van der Waals surface area contributed by atoms with Crippen molar-refractivity contribution in [3.63, 3.8) is 0 Å². The first kappa shape index (κ1) is 12.7. The molecule has 2 rings (SSSR count). The van der Waals surface area contributed by atoms with Gasteiger partial charge in [-0.2, -0.15) is 0 Å². The molecule has 5 heteroatoms. The molecule has 0 amide bonds. The van der Waals surface area contributed by atoms with E-state index in [9.17, 15) is 9.90 Å². The number of hydrogen-bond acceptors (Lipinski definition) is 3. The number of aromatic nitrogens is 1. The number of aliphatic hydroxyl groups is 1. The van der Waals surface area contributed by atoms with Crippen molar-refractivity contribution < 1.29 is 10.2 Å². The zero-order valence-corrected chi connectivity index (χ0v) is 10.5. The summed E-state index contributed by atoms with van der Waals surface area (Å²) in [6, 6.07) is 7.56. The molecule has 0 aliphatic heterocycles. The number of rotatable bonds is 2. The molecule has 0 atom stereocenters. The molecule has 0 spiro atoms. The molecule has 0 fully saturated rings. The van der Waals surface area contributed by atoms with E-state index >= 15 is 0 Å². The lowest BCUT2D eigenvalue weighted by molar-refractivity contribution is 0.282. The lowest BCUT2D eigenvalue weighted by Gasteiger charge is -2.12. The van der Waals surface area contributed by atoms with Crippen molar-refractivity contribution in [3.8, 4) is 11.4 Å². The van der Waals surface area contributed by atoms with E-state index in [1.54, 1.807) is 25.1 Å². The lowest BCUT2D eigenvalue weighted by atomic mass is 10.2. The fraction of sp³-hybridized carbons (Fsp3) is 0.154. The van der Waals surface area contributed by atoms with Gasteiger partial charge in [-0.25, -0.2) is 0 Å². The lowest BCUT2D eigenvalue weighted by Crippen LogP contribution is -2.19. The summed E-state index contributed by atoms with van der Waals surface area (Å²) in [5.74, 6) is -0.0804. The Morgan fingerprint density at radius 2 is 2.00 bits per heavy atom. The molecule has 0 bridgehead atoms. The summed E-state index contributed by atoms with van der Waals surface area (Å²) < 4.78 is 1.39. The summed E-state index contributed by atoms with van der Waals surface area (Å²) in [4.78, 5) is 11.9. The molecule has 18 heavy (non-hydrogen) atoms. The summed E-state index contributed by atoms with van der Waals surface area (Å²) in [6.07, 6.45) is 0. The Morgan fingerprint density at radius 3 is 2.61 bits per heavy atom. The number of pyridine rings is 1. The Hall–Kier alpha value is -1.78. The zero-order valence-electron chi connectivity index (χ0n) is 9.72. The minimum Gasteiger partial charge on any atom is -0.508 e. The maximum atomic E-state index is 11.9. The highest BCUT2D eigenvalue weighted by molar-refractivity contribution is 6.32. The van der Waals surface area contributed by atoms with E-state index in [1.807, 2.05) is 0 Å². The second-order valence-corrected chi connectivity index (χ2v) is 4.38. The van der Waals surface area contributed by atoms with Crippen LogP contribution in [0.25, 0.3) is 5.69 Å². The van der Waals surface area contributed by atoms with Gasteiger partial charge in [-0.3, -0.25) is 9.36 Å². The number of aryl methyl sites for hydroxylation is 1. The molecular formula is C13H12ClNO3. The van der Waals surface area contributed by atoms with Gasteiger partial charge in [-0.05, 0) is 30.7 Å². The molecule has 4 nitrogen and oxygen atoms in total. The van der Waals surface area contributed by atoms with Crippen LogP contribution in [-0.2, 0) is 6.61 Å². The molecule has 0 saturated heterocycles. The fourth-order valence-electron chi connectivity index (χ4n) is 1.82. The molecule has 1 aromatic heterocycles. The molecule has 2 aromatic rings. The molecule has 0 unspecified atom stereocenters. The Morgan fingerprint density at radius 1 is 1.28 bits per heavy atom. The number of hydrogen-bond donors (Lipinski definition) is 2. The first-order valence-corrected chi connectivity index (χ1v) is 5.73. The molecule has 0 aliphatic carbocycles. The van der Waals surface area contributed by atoms with Gasteiger partial charge in [0.2, 0.25) is 0 Å². The van der Waals surface area contributed by atoms with E-state index < -0.39 is 0 Å². The van der Waals surface area contributed by atoms with Gasteiger partial charge >= 0.3 is 0 Å². The maximum absolute atomic E-state index is 11.9. The SMILES string of the molecule is Cc1cc(O)cc(=O)n1-c1cc(CO)ccc1Cl. The molecule has 1 heterocycles. The van der Waals surface area contributed by atoms with Crippen LogP contribution in [-0.4, -0.2) is 14.8 Å². The Bertz CT molecular complexity index is 649. The van der Waals surface area contributed by atoms with Crippen molar-refractivity contribution in [1.29, 1.82) is 0 Å². The van der Waals surface area contributed by atoms with Crippen LogP contribution in [0.5, 0.6) is 5.75 Å². The van der Waals surface area contributed by atoms with Crippen LogP contribution >= 0.6 is 11.6 Å². The second-order valence-electron chi connectivity index (χ2n) is 3.97. The first-order valence-electron chi connectivity index (χ1n) is 5.35. The molecule has 0 saturated carbocycles. The van der Waals surface area contributed by atoms with E-state index in [2.05, 4.69) is 0 Å². The predicted molar refractivity (Wildman–Crippen MR) is 69.4 cm³/mol. The number of aliphatic hydroxyl groups excluding tert-OH is 1. The minimum atomic E-state index is -0.371. The Balaban J connectivity index is 2.73. The van der Waals surface area contributed by atoms with Gasteiger partial charge in [0.1, 0.15) is 5.75 Å². The average molecular weight is 266 g/mol. The van der Waals surface area contributed by atoms with Crippen LogP contribution in [0, 0.1) is 6.92 Å². The quantitative estimate of drug-likeness (QED) is 0.873. The van der Waals surface area contributed by atoms with E-state index in [1.165, 1.54) is 10.6 Å². The second kappa shape index (κ2) is 4.84. The zero-order chi connectivity index (χ0) is 13.3. The van der Waals surface area contributed by atoms with Gasteiger partial charge in [-0.15, -0.1) is 0 Å². The van der Waals surface area contributed by atoms with Gasteiger partial charge in [0.25, 0.3) is 5.56 Å². The van der Waals surface area contributed by atoms with Crippen molar-refractivity contribution in [2.45, 2.75) is 13.5 Å². The van der Waals surface area contributed by atoms with Crippen molar-refractivity contribution in [1.82, 2.24) is 4.57 Å². The third-order valence-electron chi connectivity index (χ3n) is 2.64. The fourth-order valence-corrected chi connectivity index (χ4v) is 2.02. The molecule has 1 aromatic carbocycles. The highest BCUT2D eigenvalue weighted by Gasteiger charge is 2.09. The number of aromatic hydroxyl groups is 1. The van der Waals surface area contributed by atoms with Crippen LogP contribution in [0.15, 0.2) is 35.1 Å².